The second-order valence-electron chi connectivity index (χ2n) is 4.87. The van der Waals surface area contributed by atoms with Crippen LogP contribution in [0.4, 0.5) is 5.69 Å². The second kappa shape index (κ2) is 6.24. The minimum Gasteiger partial charge on any atom is -0.481 e. The Kier molecular flexibility index (Phi) is 4.62. The highest BCUT2D eigenvalue weighted by Crippen LogP contribution is 2.30. The largest absolute Gasteiger partial charge is 0.481 e. The van der Waals surface area contributed by atoms with Crippen molar-refractivity contribution in [2.24, 2.45) is 0 Å². The standard InChI is InChI=1S/C14H17ClN2O3/c1-16(8-7-13(18)19)12-6-9-17(14(12)20)11-5-3-2-4-10(11)15/h2-5,12H,6-9H2,1H3,(H,18,19). The molecule has 2 rings (SSSR count). The van der Waals surface area contributed by atoms with Crippen molar-refractivity contribution in [1.82, 2.24) is 4.90 Å². The third-order valence-corrected chi connectivity index (χ3v) is 3.85. The molecule has 1 fully saturated rings. The van der Waals surface area contributed by atoms with Gasteiger partial charge in [0.1, 0.15) is 0 Å². The van der Waals surface area contributed by atoms with E-state index in [4.69, 9.17) is 16.7 Å². The van der Waals surface area contributed by atoms with E-state index in [-0.39, 0.29) is 18.4 Å². The van der Waals surface area contributed by atoms with Crippen LogP contribution in [0.25, 0.3) is 0 Å². The summed E-state index contributed by atoms with van der Waals surface area (Å²) in [6.45, 7) is 0.965. The smallest absolute Gasteiger partial charge is 0.304 e. The van der Waals surface area contributed by atoms with Crippen molar-refractivity contribution in [3.8, 4) is 0 Å². The summed E-state index contributed by atoms with van der Waals surface area (Å²) in [6, 6.07) is 6.97. The molecular weight excluding hydrogens is 280 g/mol. The van der Waals surface area contributed by atoms with E-state index in [0.29, 0.717) is 30.2 Å². The van der Waals surface area contributed by atoms with Gasteiger partial charge in [-0.3, -0.25) is 14.5 Å². The second-order valence-corrected chi connectivity index (χ2v) is 5.28. The molecule has 1 aliphatic heterocycles. The number of hydrogen-bond donors (Lipinski definition) is 1. The average molecular weight is 297 g/mol. The molecule has 0 spiro atoms. The topological polar surface area (TPSA) is 60.9 Å². The molecule has 1 heterocycles. The molecule has 1 aromatic carbocycles. The lowest BCUT2D eigenvalue weighted by Crippen LogP contribution is -2.40. The number of carboxylic acids is 1. The fraction of sp³-hybridized carbons (Fsp3) is 0.429. The van der Waals surface area contributed by atoms with E-state index in [1.165, 1.54) is 0 Å². The number of para-hydroxylation sites is 1. The number of carboxylic acid groups (broad SMARTS) is 1. The van der Waals surface area contributed by atoms with E-state index >= 15 is 0 Å². The highest BCUT2D eigenvalue weighted by Gasteiger charge is 2.35. The number of benzene rings is 1. The maximum atomic E-state index is 12.4. The van der Waals surface area contributed by atoms with Gasteiger partial charge in [0.05, 0.1) is 23.2 Å². The van der Waals surface area contributed by atoms with Crippen LogP contribution in [0.5, 0.6) is 0 Å². The van der Waals surface area contributed by atoms with E-state index in [1.54, 1.807) is 22.9 Å². The van der Waals surface area contributed by atoms with Crippen LogP contribution in [0.2, 0.25) is 5.02 Å². The Morgan fingerprint density at radius 1 is 1.50 bits per heavy atom. The summed E-state index contributed by atoms with van der Waals surface area (Å²) in [5.74, 6) is -0.878. The van der Waals surface area contributed by atoms with Gasteiger partial charge in [-0.25, -0.2) is 0 Å². The van der Waals surface area contributed by atoms with Gasteiger partial charge in [0, 0.05) is 13.1 Å². The summed E-state index contributed by atoms with van der Waals surface area (Å²) in [5, 5.41) is 9.25. The van der Waals surface area contributed by atoms with Crippen molar-refractivity contribution in [3.05, 3.63) is 29.3 Å². The summed E-state index contributed by atoms with van der Waals surface area (Å²) < 4.78 is 0. The third kappa shape index (κ3) is 3.11. The molecule has 1 amide bonds. The predicted molar refractivity (Wildman–Crippen MR) is 77.1 cm³/mol. The van der Waals surface area contributed by atoms with Gasteiger partial charge in [0.25, 0.3) is 0 Å². The summed E-state index contributed by atoms with van der Waals surface area (Å²) in [4.78, 5) is 26.5. The zero-order valence-corrected chi connectivity index (χ0v) is 12.0. The first kappa shape index (κ1) is 14.8. The zero-order chi connectivity index (χ0) is 14.7. The Labute approximate surface area is 122 Å². The number of carbonyl (C=O) groups excluding carboxylic acids is 1. The summed E-state index contributed by atoms with van der Waals surface area (Å²) in [6.07, 6.45) is 0.715. The molecular formula is C14H17ClN2O3. The number of carbonyl (C=O) groups is 2. The van der Waals surface area contributed by atoms with Crippen LogP contribution in [-0.2, 0) is 9.59 Å². The van der Waals surface area contributed by atoms with Crippen LogP contribution in [0.1, 0.15) is 12.8 Å². The van der Waals surface area contributed by atoms with E-state index in [9.17, 15) is 9.59 Å². The van der Waals surface area contributed by atoms with Gasteiger partial charge in [0.2, 0.25) is 5.91 Å². The fourth-order valence-electron chi connectivity index (χ4n) is 2.41. The number of rotatable bonds is 5. The third-order valence-electron chi connectivity index (χ3n) is 3.53. The first-order chi connectivity index (χ1) is 9.50. The molecule has 0 aromatic heterocycles. The van der Waals surface area contributed by atoms with Crippen molar-refractivity contribution in [1.29, 1.82) is 0 Å². The number of halogens is 1. The maximum Gasteiger partial charge on any atom is 0.304 e. The van der Waals surface area contributed by atoms with Crippen molar-refractivity contribution in [3.63, 3.8) is 0 Å². The van der Waals surface area contributed by atoms with Crippen LogP contribution in [0.15, 0.2) is 24.3 Å². The SMILES string of the molecule is CN(CCC(=O)O)C1CCN(c2ccccc2Cl)C1=O. The Balaban J connectivity index is 2.06. The Morgan fingerprint density at radius 3 is 2.85 bits per heavy atom. The number of anilines is 1. The number of aliphatic carboxylic acids is 1. The van der Waals surface area contributed by atoms with Crippen molar-refractivity contribution in [2.75, 3.05) is 25.0 Å². The molecule has 5 nitrogen and oxygen atoms in total. The van der Waals surface area contributed by atoms with Crippen molar-refractivity contribution in [2.45, 2.75) is 18.9 Å². The number of likely N-dealkylation sites (N-methyl/N-ethyl adjacent to an activating group) is 1. The van der Waals surface area contributed by atoms with E-state index < -0.39 is 5.97 Å². The van der Waals surface area contributed by atoms with Gasteiger partial charge >= 0.3 is 5.97 Å². The first-order valence-corrected chi connectivity index (χ1v) is 6.86. The molecule has 0 aliphatic carbocycles. The average Bonchev–Trinajstić information content (AvgIpc) is 2.78. The normalized spacial score (nSPS) is 18.9. The molecule has 1 saturated heterocycles. The van der Waals surface area contributed by atoms with Gasteiger partial charge in [-0.2, -0.15) is 0 Å². The molecule has 6 heteroatoms. The summed E-state index contributed by atoms with van der Waals surface area (Å²) >= 11 is 6.11. The van der Waals surface area contributed by atoms with Gasteiger partial charge in [-0.05, 0) is 25.6 Å². The van der Waals surface area contributed by atoms with Crippen molar-refractivity contribution < 1.29 is 14.7 Å². The quantitative estimate of drug-likeness (QED) is 0.901. The highest BCUT2D eigenvalue weighted by molar-refractivity contribution is 6.33. The van der Waals surface area contributed by atoms with E-state index in [1.807, 2.05) is 18.2 Å². The van der Waals surface area contributed by atoms with E-state index in [0.717, 1.165) is 0 Å². The lowest BCUT2D eigenvalue weighted by atomic mass is 10.2. The summed E-state index contributed by atoms with van der Waals surface area (Å²) in [7, 11) is 1.78. The summed E-state index contributed by atoms with van der Waals surface area (Å²) in [5.41, 5.74) is 0.716. The highest BCUT2D eigenvalue weighted by atomic mass is 35.5. The lowest BCUT2D eigenvalue weighted by Gasteiger charge is -2.23. The lowest BCUT2D eigenvalue weighted by molar-refractivity contribution is -0.137. The van der Waals surface area contributed by atoms with Crippen LogP contribution in [0.3, 0.4) is 0 Å². The minimum absolute atomic E-state index is 0.0222. The van der Waals surface area contributed by atoms with E-state index in [2.05, 4.69) is 0 Å². The first-order valence-electron chi connectivity index (χ1n) is 6.48. The zero-order valence-electron chi connectivity index (χ0n) is 11.3. The van der Waals surface area contributed by atoms with Gasteiger partial charge in [-0.1, -0.05) is 23.7 Å². The van der Waals surface area contributed by atoms with Crippen LogP contribution >= 0.6 is 11.6 Å². The van der Waals surface area contributed by atoms with Gasteiger partial charge < -0.3 is 10.0 Å². The van der Waals surface area contributed by atoms with Crippen LogP contribution in [0, 0.1) is 0 Å². The van der Waals surface area contributed by atoms with Crippen LogP contribution in [-0.4, -0.2) is 48.1 Å². The Hall–Kier alpha value is -1.59. The predicted octanol–water partition coefficient (Wildman–Crippen LogP) is 1.85. The molecule has 1 atom stereocenters. The molecule has 1 aliphatic rings. The molecule has 1 N–H and O–H groups in total. The molecule has 0 radical (unpaired) electrons. The number of amides is 1. The maximum absolute atomic E-state index is 12.4. The van der Waals surface area contributed by atoms with Crippen molar-refractivity contribution >= 4 is 29.2 Å². The molecule has 20 heavy (non-hydrogen) atoms. The van der Waals surface area contributed by atoms with Crippen LogP contribution < -0.4 is 4.90 Å². The van der Waals surface area contributed by atoms with Gasteiger partial charge in [-0.15, -0.1) is 0 Å². The monoisotopic (exact) mass is 296 g/mol. The number of nitrogens with zero attached hydrogens (tertiary/aromatic N) is 2. The molecule has 1 aromatic rings. The number of hydrogen-bond acceptors (Lipinski definition) is 3. The molecule has 0 saturated carbocycles. The molecule has 1 unspecified atom stereocenters. The molecule has 0 bridgehead atoms. The fourth-order valence-corrected chi connectivity index (χ4v) is 2.65. The Bertz CT molecular complexity index is 521. The van der Waals surface area contributed by atoms with Gasteiger partial charge in [0.15, 0.2) is 0 Å². The molecule has 108 valence electrons. The Morgan fingerprint density at radius 2 is 2.20 bits per heavy atom. The minimum atomic E-state index is -0.856.